The van der Waals surface area contributed by atoms with Crippen molar-refractivity contribution >= 4 is 11.6 Å². The van der Waals surface area contributed by atoms with Crippen LogP contribution >= 0.6 is 0 Å². The van der Waals surface area contributed by atoms with E-state index >= 15 is 0 Å². The fourth-order valence-electron chi connectivity index (χ4n) is 3.45. The Kier molecular flexibility index (Phi) is 4.79. The number of hydrogen-bond donors (Lipinski definition) is 1. The molecule has 7 nitrogen and oxygen atoms in total. The smallest absolute Gasteiger partial charge is 0.225 e. The van der Waals surface area contributed by atoms with Crippen LogP contribution in [0.1, 0.15) is 24.9 Å². The number of piperazine rings is 1. The Hall–Kier alpha value is -2.54. The first-order valence-electron chi connectivity index (χ1n) is 9.17. The average Bonchev–Trinajstić information content (AvgIpc) is 2.93. The highest BCUT2D eigenvalue weighted by Crippen LogP contribution is 2.34. The van der Waals surface area contributed by atoms with Crippen molar-refractivity contribution in [2.75, 3.05) is 50.0 Å². The molecule has 2 aromatic rings. The summed E-state index contributed by atoms with van der Waals surface area (Å²) in [6.07, 6.45) is 4.25. The molecule has 0 radical (unpaired) electrons. The number of ether oxygens (including phenoxy) is 2. The van der Waals surface area contributed by atoms with Gasteiger partial charge in [0.1, 0.15) is 0 Å². The summed E-state index contributed by atoms with van der Waals surface area (Å²) in [6.45, 7) is 7.40. The Balaban J connectivity index is 1.41. The Morgan fingerprint density at radius 3 is 2.42 bits per heavy atom. The molecule has 0 saturated carbocycles. The predicted octanol–water partition coefficient (Wildman–Crippen LogP) is 2.10. The van der Waals surface area contributed by atoms with Crippen molar-refractivity contribution in [3.8, 4) is 11.5 Å². The van der Waals surface area contributed by atoms with E-state index in [1.807, 2.05) is 6.07 Å². The minimum Gasteiger partial charge on any atom is -0.490 e. The monoisotopic (exact) mass is 355 g/mol. The van der Waals surface area contributed by atoms with E-state index in [0.29, 0.717) is 18.3 Å². The zero-order valence-corrected chi connectivity index (χ0v) is 15.1. The number of benzene rings is 1. The number of nitrogens with two attached hydrogens (primary N) is 1. The second-order valence-electron chi connectivity index (χ2n) is 6.77. The number of rotatable bonds is 3. The first-order chi connectivity index (χ1) is 12.7. The minimum atomic E-state index is 0.321. The van der Waals surface area contributed by atoms with E-state index in [1.54, 1.807) is 12.4 Å². The molecule has 138 valence electrons. The number of anilines is 2. The standard InChI is InChI=1S/C19H25N5O2/c1-14(15-3-4-17-18(11-15)26-10-2-9-25-17)23-5-7-24(8-6-23)19-21-12-16(20)13-22-19/h3-4,11-14H,2,5-10,20H2,1H3. The normalized spacial score (nSPS) is 19.0. The van der Waals surface area contributed by atoms with Crippen molar-refractivity contribution < 1.29 is 9.47 Å². The molecule has 1 aromatic heterocycles. The Morgan fingerprint density at radius 1 is 1.00 bits per heavy atom. The van der Waals surface area contributed by atoms with Crippen molar-refractivity contribution in [2.45, 2.75) is 19.4 Å². The molecule has 1 aromatic carbocycles. The van der Waals surface area contributed by atoms with Gasteiger partial charge in [-0.1, -0.05) is 6.07 Å². The van der Waals surface area contributed by atoms with Crippen LogP contribution in [0.3, 0.4) is 0 Å². The van der Waals surface area contributed by atoms with Crippen LogP contribution in [-0.2, 0) is 0 Å². The summed E-state index contributed by atoms with van der Waals surface area (Å²) in [5, 5.41) is 0. The molecule has 3 heterocycles. The molecule has 1 atom stereocenters. The maximum absolute atomic E-state index is 5.83. The van der Waals surface area contributed by atoms with E-state index in [4.69, 9.17) is 15.2 Å². The second-order valence-corrected chi connectivity index (χ2v) is 6.77. The molecule has 2 aliphatic rings. The van der Waals surface area contributed by atoms with E-state index in [0.717, 1.165) is 56.7 Å². The van der Waals surface area contributed by atoms with Gasteiger partial charge in [0.2, 0.25) is 5.95 Å². The molecule has 0 bridgehead atoms. The average molecular weight is 355 g/mol. The lowest BCUT2D eigenvalue weighted by atomic mass is 10.1. The highest BCUT2D eigenvalue weighted by Gasteiger charge is 2.24. The van der Waals surface area contributed by atoms with Crippen LogP contribution in [0, 0.1) is 0 Å². The SMILES string of the molecule is CC(c1ccc2c(c1)OCCCO2)N1CCN(c2ncc(N)cn2)CC1. The molecule has 0 spiro atoms. The second kappa shape index (κ2) is 7.37. The molecule has 1 fully saturated rings. The summed E-state index contributed by atoms with van der Waals surface area (Å²) in [7, 11) is 0. The minimum absolute atomic E-state index is 0.321. The zero-order valence-electron chi connectivity index (χ0n) is 15.1. The van der Waals surface area contributed by atoms with Crippen molar-refractivity contribution in [3.05, 3.63) is 36.2 Å². The molecule has 1 saturated heterocycles. The lowest BCUT2D eigenvalue weighted by molar-refractivity contribution is 0.197. The van der Waals surface area contributed by atoms with Crippen LogP contribution in [0.4, 0.5) is 11.6 Å². The summed E-state index contributed by atoms with van der Waals surface area (Å²) < 4.78 is 11.6. The fraction of sp³-hybridized carbons (Fsp3) is 0.474. The van der Waals surface area contributed by atoms with Gasteiger partial charge in [-0.05, 0) is 24.6 Å². The highest BCUT2D eigenvalue weighted by molar-refractivity contribution is 5.44. The molecule has 0 amide bonds. The van der Waals surface area contributed by atoms with Crippen LogP contribution in [0.15, 0.2) is 30.6 Å². The number of aromatic nitrogens is 2. The third kappa shape index (κ3) is 3.53. The van der Waals surface area contributed by atoms with Crippen LogP contribution in [-0.4, -0.2) is 54.3 Å². The summed E-state index contributed by atoms with van der Waals surface area (Å²) in [6, 6.07) is 6.63. The summed E-state index contributed by atoms with van der Waals surface area (Å²) in [4.78, 5) is 13.3. The summed E-state index contributed by atoms with van der Waals surface area (Å²) in [5.41, 5.74) is 7.52. The Labute approximate surface area is 153 Å². The highest BCUT2D eigenvalue weighted by atomic mass is 16.5. The Bertz CT molecular complexity index is 744. The van der Waals surface area contributed by atoms with Gasteiger partial charge in [-0.25, -0.2) is 9.97 Å². The summed E-state index contributed by atoms with van der Waals surface area (Å²) in [5.74, 6) is 2.46. The van der Waals surface area contributed by atoms with Gasteiger partial charge < -0.3 is 20.1 Å². The van der Waals surface area contributed by atoms with E-state index in [9.17, 15) is 0 Å². The van der Waals surface area contributed by atoms with Gasteiger partial charge in [0, 0.05) is 38.6 Å². The molecular weight excluding hydrogens is 330 g/mol. The first-order valence-corrected chi connectivity index (χ1v) is 9.17. The first kappa shape index (κ1) is 16.9. The van der Waals surface area contributed by atoms with Gasteiger partial charge in [0.15, 0.2) is 11.5 Å². The summed E-state index contributed by atoms with van der Waals surface area (Å²) >= 11 is 0. The van der Waals surface area contributed by atoms with Crippen LogP contribution in [0.5, 0.6) is 11.5 Å². The van der Waals surface area contributed by atoms with Crippen molar-refractivity contribution in [3.63, 3.8) is 0 Å². The number of nitrogens with zero attached hydrogens (tertiary/aromatic N) is 4. The molecule has 2 aliphatic heterocycles. The van der Waals surface area contributed by atoms with Gasteiger partial charge in [-0.15, -0.1) is 0 Å². The quantitative estimate of drug-likeness (QED) is 0.903. The van der Waals surface area contributed by atoms with E-state index in [-0.39, 0.29) is 0 Å². The van der Waals surface area contributed by atoms with Gasteiger partial charge >= 0.3 is 0 Å². The maximum atomic E-state index is 5.83. The number of fused-ring (bicyclic) bond motifs is 1. The largest absolute Gasteiger partial charge is 0.490 e. The van der Waals surface area contributed by atoms with Gasteiger partial charge in [-0.3, -0.25) is 4.90 Å². The molecule has 26 heavy (non-hydrogen) atoms. The lowest BCUT2D eigenvalue weighted by Crippen LogP contribution is -2.47. The van der Waals surface area contributed by atoms with Crippen molar-refractivity contribution in [2.24, 2.45) is 0 Å². The van der Waals surface area contributed by atoms with Crippen LogP contribution in [0.25, 0.3) is 0 Å². The molecule has 7 heteroatoms. The third-order valence-corrected chi connectivity index (χ3v) is 5.06. The van der Waals surface area contributed by atoms with Gasteiger partial charge in [-0.2, -0.15) is 0 Å². The van der Waals surface area contributed by atoms with Crippen molar-refractivity contribution in [1.29, 1.82) is 0 Å². The van der Waals surface area contributed by atoms with Crippen LogP contribution < -0.4 is 20.1 Å². The van der Waals surface area contributed by atoms with E-state index < -0.39 is 0 Å². The maximum Gasteiger partial charge on any atom is 0.225 e. The van der Waals surface area contributed by atoms with Gasteiger partial charge in [0.05, 0.1) is 31.3 Å². The van der Waals surface area contributed by atoms with Crippen LogP contribution in [0.2, 0.25) is 0 Å². The predicted molar refractivity (Wildman–Crippen MR) is 101 cm³/mol. The third-order valence-electron chi connectivity index (χ3n) is 5.06. The molecule has 2 N–H and O–H groups in total. The molecule has 0 aliphatic carbocycles. The molecule has 1 unspecified atom stereocenters. The van der Waals surface area contributed by atoms with Crippen molar-refractivity contribution in [1.82, 2.24) is 14.9 Å². The lowest BCUT2D eigenvalue weighted by Gasteiger charge is -2.38. The zero-order chi connectivity index (χ0) is 17.9. The van der Waals surface area contributed by atoms with E-state index in [1.165, 1.54) is 5.56 Å². The Morgan fingerprint density at radius 2 is 1.69 bits per heavy atom. The molecular formula is C19H25N5O2. The molecule has 4 rings (SSSR count). The number of nitrogen functional groups attached to an aromatic ring is 1. The van der Waals surface area contributed by atoms with E-state index in [2.05, 4.69) is 38.8 Å². The van der Waals surface area contributed by atoms with Gasteiger partial charge in [0.25, 0.3) is 0 Å². The fourth-order valence-corrected chi connectivity index (χ4v) is 3.45. The number of hydrogen-bond acceptors (Lipinski definition) is 7. The topological polar surface area (TPSA) is 76.7 Å².